The summed E-state index contributed by atoms with van der Waals surface area (Å²) in [6.45, 7) is 0.893. The summed E-state index contributed by atoms with van der Waals surface area (Å²) < 4.78 is 62.4. The molecule has 0 unspecified atom stereocenters. The van der Waals surface area contributed by atoms with E-state index < -0.39 is 96.6 Å². The average molecular weight is 773 g/mol. The zero-order chi connectivity index (χ0) is 38.1. The van der Waals surface area contributed by atoms with Gasteiger partial charge in [0.25, 0.3) is 17.7 Å². The molecule has 25 heteroatoms. The van der Waals surface area contributed by atoms with E-state index in [0.717, 1.165) is 43.4 Å². The van der Waals surface area contributed by atoms with Gasteiger partial charge in [0.2, 0.25) is 21.1 Å². The van der Waals surface area contributed by atoms with Gasteiger partial charge in [-0.1, -0.05) is 11.2 Å². The number of β-lactam (4-membered cyclic amide) rings is 1. The molecule has 1 saturated heterocycles. The number of nitrogens with zero attached hydrogens (tertiary/aromatic N) is 4. The van der Waals surface area contributed by atoms with Crippen LogP contribution in [0.3, 0.4) is 0 Å². The van der Waals surface area contributed by atoms with Crippen LogP contribution in [0, 0.1) is 0 Å². The van der Waals surface area contributed by atoms with E-state index in [1.165, 1.54) is 17.5 Å². The summed E-state index contributed by atoms with van der Waals surface area (Å²) >= 11 is 0.862. The fourth-order valence-corrected chi connectivity index (χ4v) is 6.74. The topological polar surface area (TPSA) is 339 Å². The fraction of sp³-hybridized carbons (Fsp3) is 0.269. The maximum Gasteiger partial charge on any atom is 0.362 e. The van der Waals surface area contributed by atoms with Crippen molar-refractivity contribution in [1.82, 2.24) is 29.4 Å². The van der Waals surface area contributed by atoms with Crippen molar-refractivity contribution in [2.45, 2.75) is 43.0 Å². The molecular weight excluding hydrogens is 745 g/mol. The Bertz CT molecular complexity index is 2220. The third-order valence-corrected chi connectivity index (χ3v) is 10.0. The first kappa shape index (κ1) is 38.2. The van der Waals surface area contributed by atoms with Crippen LogP contribution in [0.2, 0.25) is 0 Å². The van der Waals surface area contributed by atoms with Crippen LogP contribution in [0.4, 0.5) is 5.13 Å². The Kier molecular flexibility index (Phi) is 10.7. The lowest BCUT2D eigenvalue weighted by atomic mass is 9.98. The van der Waals surface area contributed by atoms with Crippen LogP contribution in [-0.4, -0.2) is 104 Å². The molecule has 0 aliphatic carbocycles. The summed E-state index contributed by atoms with van der Waals surface area (Å²) in [4.78, 5) is 70.2. The summed E-state index contributed by atoms with van der Waals surface area (Å²) in [5.41, 5.74) is 1.60. The number of carbonyl (C=O) groups is 4. The number of carboxylic acid groups (broad SMARTS) is 1. The van der Waals surface area contributed by atoms with E-state index in [0.29, 0.717) is 10.9 Å². The number of anilines is 1. The van der Waals surface area contributed by atoms with Crippen LogP contribution in [0.25, 0.3) is 0 Å². The largest absolute Gasteiger partial charge is 0.503 e. The maximum atomic E-state index is 13.3. The van der Waals surface area contributed by atoms with Crippen molar-refractivity contribution >= 4 is 66.2 Å². The van der Waals surface area contributed by atoms with Crippen LogP contribution < -0.4 is 26.5 Å². The van der Waals surface area contributed by atoms with E-state index in [9.17, 15) is 60.8 Å². The molecule has 3 amide bonds. The summed E-state index contributed by atoms with van der Waals surface area (Å²) in [6.07, 6.45) is 0.707. The first-order valence-corrected chi connectivity index (χ1v) is 17.7. The molecule has 2 atom stereocenters. The van der Waals surface area contributed by atoms with Gasteiger partial charge in [0.1, 0.15) is 11.7 Å². The summed E-state index contributed by atoms with van der Waals surface area (Å²) in [7, 11) is -9.88. The Morgan fingerprint density at radius 2 is 1.84 bits per heavy atom. The number of amides is 3. The molecule has 22 nitrogen and oxygen atoms in total. The molecule has 0 radical (unpaired) electrons. The number of sulfonamides is 1. The normalized spacial score (nSPS) is 16.6. The highest BCUT2D eigenvalue weighted by molar-refractivity contribution is 7.89. The average Bonchev–Trinajstić information content (AvgIpc) is 3.47. The molecule has 51 heavy (non-hydrogen) atoms. The van der Waals surface area contributed by atoms with E-state index in [-0.39, 0.29) is 26.4 Å². The number of aromatic hydroxyl groups is 1. The fourth-order valence-electron chi connectivity index (χ4n) is 4.21. The van der Waals surface area contributed by atoms with Crippen LogP contribution in [0.5, 0.6) is 5.75 Å². The second-order valence-electron chi connectivity index (χ2n) is 11.0. The van der Waals surface area contributed by atoms with Crippen molar-refractivity contribution in [3.05, 3.63) is 69.1 Å². The molecule has 0 saturated carbocycles. The molecule has 4 rings (SSSR count). The predicted octanol–water partition coefficient (Wildman–Crippen LogP) is -2.18. The Morgan fingerprint density at radius 3 is 2.45 bits per heavy atom. The SMILES string of the molecule is CC(C)(ON=C(C(=O)N[C@@H]1C(=O)N(S(=O)(=O)O)[C@H]1CNS(=O)(=O)c1cccc(C(=O)NCc2cc(=O)c(O)cn2O)c1)c1csc(N)n1)C(=O)O. The number of aliphatic carboxylic acids is 1. The van der Waals surface area contributed by atoms with Crippen LogP contribution in [0.1, 0.15) is 35.6 Å². The predicted molar refractivity (Wildman–Crippen MR) is 172 cm³/mol. The minimum absolute atomic E-state index is 0.0393. The van der Waals surface area contributed by atoms with E-state index >= 15 is 0 Å². The number of nitrogens with one attached hydrogen (secondary N) is 3. The van der Waals surface area contributed by atoms with Gasteiger partial charge in [-0.15, -0.1) is 11.3 Å². The number of pyridine rings is 1. The summed E-state index contributed by atoms with van der Waals surface area (Å²) in [5, 5.41) is 37.8. The third-order valence-electron chi connectivity index (χ3n) is 6.97. The quantitative estimate of drug-likeness (QED) is 0.0284. The van der Waals surface area contributed by atoms with E-state index in [1.54, 1.807) is 0 Å². The molecule has 1 aliphatic rings. The summed E-state index contributed by atoms with van der Waals surface area (Å²) in [6, 6.07) is 1.71. The number of carbonyl (C=O) groups excluding carboxylic acids is 3. The van der Waals surface area contributed by atoms with Gasteiger partial charge in [0, 0.05) is 23.6 Å². The van der Waals surface area contributed by atoms with E-state index in [4.69, 9.17) is 10.6 Å². The number of nitrogens with two attached hydrogens (primary N) is 1. The first-order chi connectivity index (χ1) is 23.6. The highest BCUT2D eigenvalue weighted by Gasteiger charge is 2.54. The number of oxime groups is 1. The maximum absolute atomic E-state index is 13.3. The van der Waals surface area contributed by atoms with Gasteiger partial charge in [-0.25, -0.2) is 27.2 Å². The first-order valence-electron chi connectivity index (χ1n) is 14.0. The van der Waals surface area contributed by atoms with Gasteiger partial charge in [-0.05, 0) is 32.0 Å². The molecule has 0 bridgehead atoms. The number of rotatable bonds is 14. The lowest BCUT2D eigenvalue weighted by Crippen LogP contribution is -2.74. The lowest BCUT2D eigenvalue weighted by molar-refractivity contribution is -0.161. The van der Waals surface area contributed by atoms with Gasteiger partial charge in [-0.3, -0.25) is 23.7 Å². The second-order valence-corrected chi connectivity index (χ2v) is 14.9. The molecule has 2 aromatic heterocycles. The number of aromatic nitrogens is 2. The van der Waals surface area contributed by atoms with E-state index in [1.807, 2.05) is 4.72 Å². The molecule has 3 aromatic rings. The molecule has 0 spiro atoms. The van der Waals surface area contributed by atoms with Crippen LogP contribution in [0.15, 0.2) is 56.8 Å². The van der Waals surface area contributed by atoms with Crippen molar-refractivity contribution in [3.63, 3.8) is 0 Å². The number of carboxylic acids is 1. The highest BCUT2D eigenvalue weighted by atomic mass is 32.2. The molecule has 1 aromatic carbocycles. The molecule has 9 N–H and O–H groups in total. The molecule has 1 aliphatic heterocycles. The lowest BCUT2D eigenvalue weighted by Gasteiger charge is -2.44. The molecule has 1 fully saturated rings. The Hall–Kier alpha value is -5.63. The Labute approximate surface area is 291 Å². The van der Waals surface area contributed by atoms with Gasteiger partial charge in [0.15, 0.2) is 16.6 Å². The Morgan fingerprint density at radius 1 is 1.16 bits per heavy atom. The minimum atomic E-state index is -5.28. The van der Waals surface area contributed by atoms with Gasteiger partial charge in [0.05, 0.1) is 29.4 Å². The monoisotopic (exact) mass is 772 g/mol. The number of thiazole rings is 1. The number of benzene rings is 1. The Balaban J connectivity index is 1.52. The van der Waals surface area contributed by atoms with Crippen molar-refractivity contribution in [3.8, 4) is 5.75 Å². The molecule has 274 valence electrons. The number of hydrogen-bond acceptors (Lipinski definition) is 16. The molecular formula is C26H28N8O14S3. The van der Waals surface area contributed by atoms with Crippen LogP contribution >= 0.6 is 11.3 Å². The zero-order valence-corrected chi connectivity index (χ0v) is 28.5. The minimum Gasteiger partial charge on any atom is -0.503 e. The van der Waals surface area contributed by atoms with E-state index in [2.05, 4.69) is 20.8 Å². The van der Waals surface area contributed by atoms with Gasteiger partial charge < -0.3 is 36.6 Å². The standard InChI is InChI=1S/C26H28N8O14S3/c1-26(2,24(40)41)48-32-19(15-11-49-25(27)30-15)22(38)31-20-16(34(23(20)39)51(45,46)47)9-29-50(43,44)14-5-3-4-12(6-14)21(37)28-8-13-7-17(35)18(36)10-33(13)42/h3-7,10-11,16,20,29,36,42H,8-9H2,1-2H3,(H2,27,30)(H,28,37)(H,31,38)(H,40,41)(H,45,46,47)/t16-,20-/m0/s1. The third kappa shape index (κ3) is 8.58. The zero-order valence-electron chi connectivity index (χ0n) is 26.1. The number of hydrogen-bond donors (Lipinski definition) is 8. The summed E-state index contributed by atoms with van der Waals surface area (Å²) in [5.74, 6) is -5.68. The van der Waals surface area contributed by atoms with Crippen molar-refractivity contribution < 1.29 is 60.8 Å². The van der Waals surface area contributed by atoms with Crippen molar-refractivity contribution in [1.29, 1.82) is 0 Å². The second kappa shape index (κ2) is 14.3. The highest BCUT2D eigenvalue weighted by Crippen LogP contribution is 2.25. The smallest absolute Gasteiger partial charge is 0.362 e. The van der Waals surface area contributed by atoms with Crippen molar-refractivity contribution in [2.75, 3.05) is 12.3 Å². The molecule has 3 heterocycles. The van der Waals surface area contributed by atoms with Gasteiger partial charge >= 0.3 is 16.3 Å². The number of nitrogen functional groups attached to an aromatic ring is 1. The van der Waals surface area contributed by atoms with Gasteiger partial charge in [-0.2, -0.15) is 13.1 Å². The van der Waals surface area contributed by atoms with Crippen molar-refractivity contribution in [2.24, 2.45) is 5.16 Å². The van der Waals surface area contributed by atoms with Crippen LogP contribution in [-0.2, 0) is 46.1 Å².